The first kappa shape index (κ1) is 13.2. The summed E-state index contributed by atoms with van der Waals surface area (Å²) in [6.07, 6.45) is 0.0662. The SMILES string of the molecule is Cc1cccc(NC(=O)C(C)CC(N)=O)c1C. The van der Waals surface area contributed by atoms with E-state index in [-0.39, 0.29) is 12.3 Å². The van der Waals surface area contributed by atoms with E-state index < -0.39 is 11.8 Å². The van der Waals surface area contributed by atoms with Crippen LogP contribution < -0.4 is 11.1 Å². The minimum atomic E-state index is -0.464. The molecular formula is C13H18N2O2. The van der Waals surface area contributed by atoms with Gasteiger partial charge in [0.2, 0.25) is 11.8 Å². The zero-order valence-electron chi connectivity index (χ0n) is 10.4. The summed E-state index contributed by atoms with van der Waals surface area (Å²) < 4.78 is 0. The number of rotatable bonds is 4. The highest BCUT2D eigenvalue weighted by Gasteiger charge is 2.16. The van der Waals surface area contributed by atoms with Gasteiger partial charge >= 0.3 is 0 Å². The number of primary amides is 1. The Hall–Kier alpha value is -1.84. The summed E-state index contributed by atoms with van der Waals surface area (Å²) >= 11 is 0. The molecule has 0 radical (unpaired) electrons. The number of nitrogens with two attached hydrogens (primary N) is 1. The minimum Gasteiger partial charge on any atom is -0.370 e. The monoisotopic (exact) mass is 234 g/mol. The number of aryl methyl sites for hydroxylation is 1. The smallest absolute Gasteiger partial charge is 0.227 e. The van der Waals surface area contributed by atoms with Crippen molar-refractivity contribution in [3.8, 4) is 0 Å². The molecule has 0 spiro atoms. The van der Waals surface area contributed by atoms with Crippen molar-refractivity contribution in [1.29, 1.82) is 0 Å². The van der Waals surface area contributed by atoms with Crippen LogP contribution in [0.4, 0.5) is 5.69 Å². The summed E-state index contributed by atoms with van der Waals surface area (Å²) in [5, 5.41) is 2.81. The first-order chi connectivity index (χ1) is 7.91. The summed E-state index contributed by atoms with van der Waals surface area (Å²) in [7, 11) is 0. The second-order valence-corrected chi connectivity index (χ2v) is 4.31. The Labute approximate surface area is 101 Å². The van der Waals surface area contributed by atoms with Gasteiger partial charge in [0.05, 0.1) is 0 Å². The Morgan fingerprint density at radius 2 is 2.00 bits per heavy atom. The molecule has 0 fully saturated rings. The molecule has 0 aliphatic rings. The Morgan fingerprint density at radius 3 is 2.59 bits per heavy atom. The molecule has 0 heterocycles. The number of carbonyl (C=O) groups is 2. The number of nitrogens with one attached hydrogen (secondary N) is 1. The van der Waals surface area contributed by atoms with E-state index in [1.54, 1.807) is 6.92 Å². The molecule has 17 heavy (non-hydrogen) atoms. The summed E-state index contributed by atoms with van der Waals surface area (Å²) in [6, 6.07) is 5.71. The Morgan fingerprint density at radius 1 is 1.35 bits per heavy atom. The molecule has 0 saturated carbocycles. The van der Waals surface area contributed by atoms with Crippen LogP contribution in [-0.2, 0) is 9.59 Å². The molecular weight excluding hydrogens is 216 g/mol. The number of benzene rings is 1. The molecule has 1 unspecified atom stereocenters. The maximum absolute atomic E-state index is 11.8. The Kier molecular flexibility index (Phi) is 4.26. The van der Waals surface area contributed by atoms with E-state index >= 15 is 0 Å². The molecule has 1 atom stereocenters. The minimum absolute atomic E-state index is 0.0662. The molecule has 4 heteroatoms. The van der Waals surface area contributed by atoms with Gasteiger partial charge in [0, 0.05) is 18.0 Å². The largest absolute Gasteiger partial charge is 0.370 e. The van der Waals surface area contributed by atoms with Crippen LogP contribution >= 0.6 is 0 Å². The molecule has 92 valence electrons. The van der Waals surface area contributed by atoms with Crippen molar-refractivity contribution >= 4 is 17.5 Å². The second-order valence-electron chi connectivity index (χ2n) is 4.31. The van der Waals surface area contributed by atoms with Crippen molar-refractivity contribution in [3.63, 3.8) is 0 Å². The van der Waals surface area contributed by atoms with Crippen molar-refractivity contribution in [2.75, 3.05) is 5.32 Å². The average Bonchev–Trinajstić information content (AvgIpc) is 2.23. The highest BCUT2D eigenvalue weighted by molar-refractivity contribution is 5.95. The van der Waals surface area contributed by atoms with Crippen LogP contribution in [0.1, 0.15) is 24.5 Å². The molecule has 0 saturated heterocycles. The maximum atomic E-state index is 11.8. The van der Waals surface area contributed by atoms with E-state index in [1.165, 1.54) is 0 Å². The van der Waals surface area contributed by atoms with Crippen molar-refractivity contribution in [2.45, 2.75) is 27.2 Å². The molecule has 1 aromatic carbocycles. The first-order valence-corrected chi connectivity index (χ1v) is 5.57. The number of amides is 2. The van der Waals surface area contributed by atoms with Gasteiger partial charge < -0.3 is 11.1 Å². The zero-order chi connectivity index (χ0) is 13.0. The predicted molar refractivity (Wildman–Crippen MR) is 67.5 cm³/mol. The molecule has 1 rings (SSSR count). The predicted octanol–water partition coefficient (Wildman–Crippen LogP) is 1.75. The highest BCUT2D eigenvalue weighted by atomic mass is 16.2. The lowest BCUT2D eigenvalue weighted by Crippen LogP contribution is -2.25. The van der Waals surface area contributed by atoms with Crippen LogP contribution in [0, 0.1) is 19.8 Å². The second kappa shape index (κ2) is 5.48. The average molecular weight is 234 g/mol. The lowest BCUT2D eigenvalue weighted by molar-refractivity contribution is -0.125. The van der Waals surface area contributed by atoms with E-state index in [9.17, 15) is 9.59 Å². The van der Waals surface area contributed by atoms with Gasteiger partial charge in [-0.15, -0.1) is 0 Å². The van der Waals surface area contributed by atoms with Gasteiger partial charge in [0.1, 0.15) is 0 Å². The Bertz CT molecular complexity index is 441. The number of anilines is 1. The molecule has 3 N–H and O–H groups in total. The fraction of sp³-hybridized carbons (Fsp3) is 0.385. The first-order valence-electron chi connectivity index (χ1n) is 5.57. The third-order valence-electron chi connectivity index (χ3n) is 2.82. The molecule has 0 aliphatic heterocycles. The summed E-state index contributed by atoms with van der Waals surface area (Å²) in [5.41, 5.74) is 7.99. The van der Waals surface area contributed by atoms with Crippen LogP contribution in [-0.4, -0.2) is 11.8 Å². The van der Waals surface area contributed by atoms with Crippen molar-refractivity contribution < 1.29 is 9.59 Å². The molecule has 0 aromatic heterocycles. The fourth-order valence-corrected chi connectivity index (χ4v) is 1.54. The number of hydrogen-bond acceptors (Lipinski definition) is 2. The van der Waals surface area contributed by atoms with E-state index in [0.29, 0.717) is 0 Å². The standard InChI is InChI=1S/C13H18N2O2/c1-8-5-4-6-11(10(8)3)15-13(17)9(2)7-12(14)16/h4-6,9H,7H2,1-3H3,(H2,14,16)(H,15,17). The lowest BCUT2D eigenvalue weighted by atomic mass is 10.0. The highest BCUT2D eigenvalue weighted by Crippen LogP contribution is 2.19. The Balaban J connectivity index is 2.74. The third kappa shape index (κ3) is 3.59. The van der Waals surface area contributed by atoms with Gasteiger partial charge in [-0.1, -0.05) is 19.1 Å². The van der Waals surface area contributed by atoms with Gasteiger partial charge in [-0.25, -0.2) is 0 Å². The molecule has 2 amide bonds. The van der Waals surface area contributed by atoms with E-state index in [0.717, 1.165) is 16.8 Å². The molecule has 0 aliphatic carbocycles. The molecule has 4 nitrogen and oxygen atoms in total. The van der Waals surface area contributed by atoms with Crippen LogP contribution in [0.25, 0.3) is 0 Å². The van der Waals surface area contributed by atoms with E-state index in [1.807, 2.05) is 32.0 Å². The topological polar surface area (TPSA) is 72.2 Å². The summed E-state index contributed by atoms with van der Waals surface area (Å²) in [5.74, 6) is -1.06. The van der Waals surface area contributed by atoms with Crippen molar-refractivity contribution in [1.82, 2.24) is 0 Å². The fourth-order valence-electron chi connectivity index (χ4n) is 1.54. The van der Waals surface area contributed by atoms with Crippen LogP contribution in [0.5, 0.6) is 0 Å². The lowest BCUT2D eigenvalue weighted by Gasteiger charge is -2.13. The third-order valence-corrected chi connectivity index (χ3v) is 2.82. The van der Waals surface area contributed by atoms with E-state index in [2.05, 4.69) is 5.32 Å². The maximum Gasteiger partial charge on any atom is 0.227 e. The van der Waals surface area contributed by atoms with Crippen LogP contribution in [0.15, 0.2) is 18.2 Å². The van der Waals surface area contributed by atoms with Gasteiger partial charge in [-0.2, -0.15) is 0 Å². The number of carbonyl (C=O) groups excluding carboxylic acids is 2. The van der Waals surface area contributed by atoms with Gasteiger partial charge in [0.15, 0.2) is 0 Å². The number of hydrogen-bond donors (Lipinski definition) is 2. The summed E-state index contributed by atoms with van der Waals surface area (Å²) in [6.45, 7) is 5.62. The normalized spacial score (nSPS) is 11.9. The van der Waals surface area contributed by atoms with Gasteiger partial charge in [-0.05, 0) is 31.0 Å². The van der Waals surface area contributed by atoms with Gasteiger partial charge in [0.25, 0.3) is 0 Å². The van der Waals surface area contributed by atoms with Crippen LogP contribution in [0.3, 0.4) is 0 Å². The molecule has 0 bridgehead atoms. The zero-order valence-corrected chi connectivity index (χ0v) is 10.4. The van der Waals surface area contributed by atoms with E-state index in [4.69, 9.17) is 5.73 Å². The van der Waals surface area contributed by atoms with Crippen molar-refractivity contribution in [3.05, 3.63) is 29.3 Å². The van der Waals surface area contributed by atoms with Crippen LogP contribution in [0.2, 0.25) is 0 Å². The molecule has 1 aromatic rings. The van der Waals surface area contributed by atoms with Crippen molar-refractivity contribution in [2.24, 2.45) is 11.7 Å². The quantitative estimate of drug-likeness (QED) is 0.833. The summed E-state index contributed by atoms with van der Waals surface area (Å²) in [4.78, 5) is 22.5. The van der Waals surface area contributed by atoms with Gasteiger partial charge in [-0.3, -0.25) is 9.59 Å².